The molecule has 3 rings (SSSR count). The lowest BCUT2D eigenvalue weighted by Crippen LogP contribution is -2.44. The monoisotopic (exact) mass is 337 g/mol. The highest BCUT2D eigenvalue weighted by molar-refractivity contribution is 7.17. The van der Waals surface area contributed by atoms with E-state index in [0.717, 1.165) is 19.4 Å². The fraction of sp³-hybridized carbons (Fsp3) is 0.400. The number of ether oxygens (including phenoxy) is 1. The van der Waals surface area contributed by atoms with E-state index in [1.807, 2.05) is 11.8 Å². The van der Waals surface area contributed by atoms with E-state index in [1.165, 1.54) is 11.3 Å². The predicted octanol–water partition coefficient (Wildman–Crippen LogP) is 3.18. The van der Waals surface area contributed by atoms with Gasteiger partial charge in [-0.3, -0.25) is 4.79 Å². The molecule has 7 heteroatoms. The number of aryl methyl sites for hydroxylation is 1. The summed E-state index contributed by atoms with van der Waals surface area (Å²) in [6, 6.07) is 5.27. The molecule has 1 aliphatic rings. The molecule has 2 aromatic heterocycles. The first kappa shape index (κ1) is 15.2. The topological polar surface area (TPSA) is 55.3 Å². The summed E-state index contributed by atoms with van der Waals surface area (Å²) in [5.41, 5.74) is 0. The number of thiophene rings is 1. The maximum atomic E-state index is 12.5. The van der Waals surface area contributed by atoms with Crippen molar-refractivity contribution in [3.05, 3.63) is 39.4 Å². The highest BCUT2D eigenvalue weighted by Gasteiger charge is 2.26. The summed E-state index contributed by atoms with van der Waals surface area (Å²) in [5, 5.41) is 0. The number of amides is 1. The molecule has 0 radical (unpaired) electrons. The minimum Gasteiger partial charge on any atom is -0.472 e. The molecule has 1 amide bonds. The predicted molar refractivity (Wildman–Crippen MR) is 85.7 cm³/mol. The zero-order valence-corrected chi connectivity index (χ0v) is 13.7. The molecule has 1 saturated heterocycles. The molecule has 0 saturated carbocycles. The van der Waals surface area contributed by atoms with Crippen molar-refractivity contribution in [2.45, 2.75) is 25.9 Å². The van der Waals surface area contributed by atoms with Crippen LogP contribution in [0.25, 0.3) is 0 Å². The van der Waals surface area contributed by atoms with Gasteiger partial charge in [0.1, 0.15) is 11.9 Å². The number of hydrogen-bond donors (Lipinski definition) is 0. The number of piperidine rings is 1. The normalized spacial score (nSPS) is 18.3. The molecule has 22 heavy (non-hydrogen) atoms. The van der Waals surface area contributed by atoms with Crippen molar-refractivity contribution in [1.29, 1.82) is 0 Å². The Morgan fingerprint density at radius 2 is 2.32 bits per heavy atom. The Morgan fingerprint density at radius 1 is 1.45 bits per heavy atom. The SMILES string of the molecule is Cc1nccc(OC2CCCN(C(=O)c3ccc(Cl)s3)C2)n1. The first-order valence-corrected chi connectivity index (χ1v) is 8.32. The Balaban J connectivity index is 1.65. The number of carbonyl (C=O) groups is 1. The van der Waals surface area contributed by atoms with Crippen molar-refractivity contribution in [3.8, 4) is 5.88 Å². The van der Waals surface area contributed by atoms with E-state index in [0.29, 0.717) is 27.5 Å². The fourth-order valence-electron chi connectivity index (χ4n) is 2.47. The fourth-order valence-corrected chi connectivity index (χ4v) is 3.49. The van der Waals surface area contributed by atoms with Crippen LogP contribution in [-0.2, 0) is 0 Å². The summed E-state index contributed by atoms with van der Waals surface area (Å²) in [6.45, 7) is 3.14. The second kappa shape index (κ2) is 6.62. The van der Waals surface area contributed by atoms with Crippen LogP contribution in [0.4, 0.5) is 0 Å². The van der Waals surface area contributed by atoms with Crippen molar-refractivity contribution in [2.24, 2.45) is 0 Å². The van der Waals surface area contributed by atoms with Crippen LogP contribution in [0.3, 0.4) is 0 Å². The quantitative estimate of drug-likeness (QED) is 0.863. The van der Waals surface area contributed by atoms with Gasteiger partial charge in [-0.2, -0.15) is 4.98 Å². The van der Waals surface area contributed by atoms with Crippen LogP contribution in [0.15, 0.2) is 24.4 Å². The van der Waals surface area contributed by atoms with Gasteiger partial charge in [0.25, 0.3) is 5.91 Å². The molecule has 2 aromatic rings. The van der Waals surface area contributed by atoms with Crippen LogP contribution in [0, 0.1) is 6.92 Å². The number of hydrogen-bond acceptors (Lipinski definition) is 5. The summed E-state index contributed by atoms with van der Waals surface area (Å²) >= 11 is 7.21. The van der Waals surface area contributed by atoms with Gasteiger partial charge in [-0.15, -0.1) is 11.3 Å². The van der Waals surface area contributed by atoms with Gasteiger partial charge in [-0.05, 0) is 31.9 Å². The zero-order valence-electron chi connectivity index (χ0n) is 12.2. The summed E-state index contributed by atoms with van der Waals surface area (Å²) in [6.07, 6.45) is 3.47. The lowest BCUT2D eigenvalue weighted by Gasteiger charge is -2.32. The number of rotatable bonds is 3. The van der Waals surface area contributed by atoms with Gasteiger partial charge in [-0.25, -0.2) is 4.98 Å². The Bertz CT molecular complexity index is 676. The molecule has 0 aliphatic carbocycles. The summed E-state index contributed by atoms with van der Waals surface area (Å²) in [5.74, 6) is 1.25. The smallest absolute Gasteiger partial charge is 0.264 e. The second-order valence-electron chi connectivity index (χ2n) is 5.18. The number of likely N-dealkylation sites (tertiary alicyclic amines) is 1. The van der Waals surface area contributed by atoms with Crippen molar-refractivity contribution in [2.75, 3.05) is 13.1 Å². The Kier molecular flexibility index (Phi) is 4.59. The van der Waals surface area contributed by atoms with Gasteiger partial charge < -0.3 is 9.64 Å². The van der Waals surface area contributed by atoms with E-state index in [1.54, 1.807) is 24.4 Å². The third-order valence-electron chi connectivity index (χ3n) is 3.49. The molecule has 0 aromatic carbocycles. The van der Waals surface area contributed by atoms with Crippen LogP contribution in [0.1, 0.15) is 28.3 Å². The second-order valence-corrected chi connectivity index (χ2v) is 6.89. The highest BCUT2D eigenvalue weighted by Crippen LogP contribution is 2.24. The van der Waals surface area contributed by atoms with Crippen molar-refractivity contribution in [3.63, 3.8) is 0 Å². The molecule has 1 fully saturated rings. The number of halogens is 1. The van der Waals surface area contributed by atoms with Gasteiger partial charge in [0.15, 0.2) is 0 Å². The Labute approximate surface area is 137 Å². The molecule has 1 unspecified atom stereocenters. The van der Waals surface area contributed by atoms with E-state index >= 15 is 0 Å². The van der Waals surface area contributed by atoms with Crippen LogP contribution < -0.4 is 4.74 Å². The van der Waals surface area contributed by atoms with Crippen LogP contribution in [-0.4, -0.2) is 40.0 Å². The van der Waals surface area contributed by atoms with E-state index in [9.17, 15) is 4.79 Å². The van der Waals surface area contributed by atoms with Gasteiger partial charge in [0.2, 0.25) is 5.88 Å². The molecule has 0 N–H and O–H groups in total. The Morgan fingerprint density at radius 3 is 3.05 bits per heavy atom. The number of carbonyl (C=O) groups excluding carboxylic acids is 1. The minimum atomic E-state index is -0.0394. The molecule has 3 heterocycles. The first-order valence-electron chi connectivity index (χ1n) is 7.13. The molecule has 116 valence electrons. The molecule has 5 nitrogen and oxygen atoms in total. The van der Waals surface area contributed by atoms with Crippen LogP contribution in [0.5, 0.6) is 5.88 Å². The molecule has 0 spiro atoms. The standard InChI is InChI=1S/C15H16ClN3O2S/c1-10-17-7-6-14(18-10)21-11-3-2-8-19(9-11)15(20)12-4-5-13(16)22-12/h4-7,11H,2-3,8-9H2,1H3. The minimum absolute atomic E-state index is 0.0177. The molecular formula is C15H16ClN3O2S. The first-order chi connectivity index (χ1) is 10.6. The van der Waals surface area contributed by atoms with E-state index in [2.05, 4.69) is 9.97 Å². The average Bonchev–Trinajstić information content (AvgIpc) is 2.93. The third kappa shape index (κ3) is 3.56. The molecule has 1 aliphatic heterocycles. The van der Waals surface area contributed by atoms with Gasteiger partial charge in [-0.1, -0.05) is 11.6 Å². The van der Waals surface area contributed by atoms with Crippen molar-refractivity contribution in [1.82, 2.24) is 14.9 Å². The van der Waals surface area contributed by atoms with Gasteiger partial charge >= 0.3 is 0 Å². The average molecular weight is 338 g/mol. The molecule has 1 atom stereocenters. The maximum Gasteiger partial charge on any atom is 0.264 e. The van der Waals surface area contributed by atoms with Gasteiger partial charge in [0, 0.05) is 18.8 Å². The largest absolute Gasteiger partial charge is 0.472 e. The maximum absolute atomic E-state index is 12.5. The summed E-state index contributed by atoms with van der Waals surface area (Å²) in [4.78, 5) is 23.3. The van der Waals surface area contributed by atoms with E-state index in [4.69, 9.17) is 16.3 Å². The summed E-state index contributed by atoms with van der Waals surface area (Å²) in [7, 11) is 0. The number of aromatic nitrogens is 2. The third-order valence-corrected chi connectivity index (χ3v) is 4.71. The lowest BCUT2D eigenvalue weighted by molar-refractivity contribution is 0.0531. The van der Waals surface area contributed by atoms with Crippen LogP contribution in [0.2, 0.25) is 4.34 Å². The van der Waals surface area contributed by atoms with Gasteiger partial charge in [0.05, 0.1) is 15.8 Å². The highest BCUT2D eigenvalue weighted by atomic mass is 35.5. The number of nitrogens with zero attached hydrogens (tertiary/aromatic N) is 3. The van der Waals surface area contributed by atoms with Crippen LogP contribution >= 0.6 is 22.9 Å². The molecule has 0 bridgehead atoms. The van der Waals surface area contributed by atoms with Crippen molar-refractivity contribution >= 4 is 28.8 Å². The zero-order chi connectivity index (χ0) is 15.5. The van der Waals surface area contributed by atoms with E-state index in [-0.39, 0.29) is 12.0 Å². The van der Waals surface area contributed by atoms with Crippen molar-refractivity contribution < 1.29 is 9.53 Å². The summed E-state index contributed by atoms with van der Waals surface area (Å²) < 4.78 is 6.52. The Hall–Kier alpha value is -1.66. The van der Waals surface area contributed by atoms with E-state index < -0.39 is 0 Å². The lowest BCUT2D eigenvalue weighted by atomic mass is 10.1. The molecular weight excluding hydrogens is 322 g/mol.